The van der Waals surface area contributed by atoms with Gasteiger partial charge < -0.3 is 15.8 Å². The molecule has 0 aliphatic carbocycles. The highest BCUT2D eigenvalue weighted by Crippen LogP contribution is 2.19. The summed E-state index contributed by atoms with van der Waals surface area (Å²) < 4.78 is 5.28. The average molecular weight is 242 g/mol. The molecule has 0 rings (SSSR count). The van der Waals surface area contributed by atoms with Gasteiger partial charge in [0.1, 0.15) is 0 Å². The summed E-state index contributed by atoms with van der Waals surface area (Å²) in [4.78, 5) is 11.5. The molecule has 0 aromatic carbocycles. The lowest BCUT2D eigenvalue weighted by atomic mass is 9.85. The zero-order valence-electron chi connectivity index (χ0n) is 11.3. The van der Waals surface area contributed by atoms with Crippen LogP contribution in [-0.4, -0.2) is 31.7 Å². The van der Waals surface area contributed by atoms with Gasteiger partial charge in [-0.25, -0.2) is 0 Å². The monoisotopic (exact) mass is 242 g/mol. The number of hydrogen-bond donors (Lipinski definition) is 2. The van der Waals surface area contributed by atoms with E-state index in [0.29, 0.717) is 26.2 Å². The van der Waals surface area contributed by atoms with Gasteiger partial charge in [0, 0.05) is 19.0 Å². The molecule has 0 fully saturated rings. The van der Waals surface area contributed by atoms with Gasteiger partial charge in [0.25, 0.3) is 0 Å². The molecule has 0 bridgehead atoms. The molecule has 4 nitrogen and oxygen atoms in total. The highest BCUT2D eigenvalue weighted by Gasteiger charge is 2.22. The second-order valence-electron chi connectivity index (χ2n) is 5.22. The first-order valence-corrected chi connectivity index (χ1v) is 6.09. The Kier molecular flexibility index (Phi) is 7.83. The number of nitrogens with two attached hydrogens (primary N) is 1. The minimum absolute atomic E-state index is 0.0141. The van der Waals surface area contributed by atoms with Gasteiger partial charge in [-0.3, -0.25) is 4.79 Å². The summed E-state index contributed by atoms with van der Waals surface area (Å²) in [5, 5.41) is 2.79. The van der Waals surface area contributed by atoms with E-state index in [4.69, 9.17) is 10.5 Å². The summed E-state index contributed by atoms with van der Waals surface area (Å²) in [5.74, 6) is -0.0141. The van der Waals surface area contributed by atoms with Gasteiger partial charge in [-0.2, -0.15) is 0 Å². The third-order valence-electron chi connectivity index (χ3n) is 2.55. The summed E-state index contributed by atoms with van der Waals surface area (Å²) >= 11 is 0. The summed E-state index contributed by atoms with van der Waals surface area (Å²) in [7, 11) is 0. The normalized spacial score (nSPS) is 13.2. The van der Waals surface area contributed by atoms with E-state index in [1.807, 2.05) is 20.8 Å². The average Bonchev–Trinajstić information content (AvgIpc) is 2.21. The summed E-state index contributed by atoms with van der Waals surface area (Å²) in [6.45, 7) is 11.4. The minimum atomic E-state index is -0.121. The van der Waals surface area contributed by atoms with Gasteiger partial charge in [-0.05, 0) is 11.8 Å². The van der Waals surface area contributed by atoms with Crippen LogP contribution in [0.4, 0.5) is 0 Å². The van der Waals surface area contributed by atoms with Crippen molar-refractivity contribution >= 4 is 5.91 Å². The topological polar surface area (TPSA) is 64.3 Å². The largest absolute Gasteiger partial charge is 0.379 e. The van der Waals surface area contributed by atoms with Gasteiger partial charge >= 0.3 is 0 Å². The minimum Gasteiger partial charge on any atom is -0.379 e. The van der Waals surface area contributed by atoms with E-state index >= 15 is 0 Å². The molecule has 0 aromatic rings. The molecule has 0 saturated heterocycles. The molecule has 0 aliphatic heterocycles. The van der Waals surface area contributed by atoms with Crippen LogP contribution in [0.2, 0.25) is 0 Å². The number of ether oxygens (including phenoxy) is 1. The van der Waals surface area contributed by atoms with E-state index < -0.39 is 0 Å². The highest BCUT2D eigenvalue weighted by molar-refractivity contribution is 5.76. The third-order valence-corrected chi connectivity index (χ3v) is 2.55. The third kappa shape index (κ3) is 8.89. The van der Waals surface area contributed by atoms with Gasteiger partial charge in [-0.15, -0.1) is 6.58 Å². The van der Waals surface area contributed by atoms with Crippen LogP contribution < -0.4 is 11.1 Å². The van der Waals surface area contributed by atoms with E-state index in [9.17, 15) is 4.79 Å². The Balaban J connectivity index is 3.56. The Bertz CT molecular complexity index is 234. The van der Waals surface area contributed by atoms with Crippen LogP contribution in [0.1, 0.15) is 33.6 Å². The molecule has 4 heteroatoms. The molecule has 0 aromatic heterocycles. The van der Waals surface area contributed by atoms with E-state index in [1.165, 1.54) is 0 Å². The van der Waals surface area contributed by atoms with Crippen molar-refractivity contribution in [2.24, 2.45) is 11.1 Å². The Hall–Kier alpha value is -0.870. The molecule has 100 valence electrons. The van der Waals surface area contributed by atoms with Gasteiger partial charge in [0.15, 0.2) is 0 Å². The predicted molar refractivity (Wildman–Crippen MR) is 70.7 cm³/mol. The number of carbonyl (C=O) groups is 1. The van der Waals surface area contributed by atoms with E-state index in [2.05, 4.69) is 11.9 Å². The van der Waals surface area contributed by atoms with Crippen LogP contribution >= 0.6 is 0 Å². The number of carbonyl (C=O) groups excluding carboxylic acids is 1. The molecule has 1 amide bonds. The lowest BCUT2D eigenvalue weighted by Crippen LogP contribution is -2.40. The Morgan fingerprint density at radius 3 is 2.65 bits per heavy atom. The Morgan fingerprint density at radius 1 is 1.47 bits per heavy atom. The SMILES string of the molecule is C=CCCOCCNC(=O)CC(N)C(C)(C)C. The van der Waals surface area contributed by atoms with Crippen molar-refractivity contribution in [1.82, 2.24) is 5.32 Å². The van der Waals surface area contributed by atoms with Crippen molar-refractivity contribution in [3.63, 3.8) is 0 Å². The number of nitrogens with one attached hydrogen (secondary N) is 1. The van der Waals surface area contributed by atoms with Crippen molar-refractivity contribution in [3.05, 3.63) is 12.7 Å². The van der Waals surface area contributed by atoms with Gasteiger partial charge in [0.05, 0.1) is 13.2 Å². The molecule has 1 atom stereocenters. The lowest BCUT2D eigenvalue weighted by molar-refractivity contribution is -0.122. The van der Waals surface area contributed by atoms with Crippen LogP contribution in [0.25, 0.3) is 0 Å². The molecule has 0 heterocycles. The van der Waals surface area contributed by atoms with Crippen LogP contribution in [0.15, 0.2) is 12.7 Å². The van der Waals surface area contributed by atoms with E-state index in [0.717, 1.165) is 6.42 Å². The lowest BCUT2D eigenvalue weighted by Gasteiger charge is -2.26. The molecule has 3 N–H and O–H groups in total. The first-order valence-electron chi connectivity index (χ1n) is 6.09. The second kappa shape index (κ2) is 8.25. The Labute approximate surface area is 105 Å². The Morgan fingerprint density at radius 2 is 2.12 bits per heavy atom. The maximum Gasteiger partial charge on any atom is 0.221 e. The standard InChI is InChI=1S/C13H26N2O2/c1-5-6-8-17-9-7-15-12(16)10-11(14)13(2,3)4/h5,11H,1,6-10,14H2,2-4H3,(H,15,16). The van der Waals surface area contributed by atoms with Crippen molar-refractivity contribution in [2.45, 2.75) is 39.7 Å². The van der Waals surface area contributed by atoms with Crippen molar-refractivity contribution in [2.75, 3.05) is 19.8 Å². The fraction of sp³-hybridized carbons (Fsp3) is 0.769. The fourth-order valence-electron chi connectivity index (χ4n) is 1.11. The first-order chi connectivity index (χ1) is 7.88. The molecular formula is C13H26N2O2. The molecule has 0 saturated carbocycles. The molecule has 0 spiro atoms. The van der Waals surface area contributed by atoms with Gasteiger partial charge in [0.2, 0.25) is 5.91 Å². The van der Waals surface area contributed by atoms with E-state index in [1.54, 1.807) is 6.08 Å². The van der Waals surface area contributed by atoms with E-state index in [-0.39, 0.29) is 17.4 Å². The molecule has 0 radical (unpaired) electrons. The summed E-state index contributed by atoms with van der Waals surface area (Å²) in [5.41, 5.74) is 5.87. The molecule has 17 heavy (non-hydrogen) atoms. The zero-order chi connectivity index (χ0) is 13.3. The van der Waals surface area contributed by atoms with Crippen LogP contribution in [0.5, 0.6) is 0 Å². The van der Waals surface area contributed by atoms with Crippen LogP contribution in [0, 0.1) is 5.41 Å². The quantitative estimate of drug-likeness (QED) is 0.500. The van der Waals surface area contributed by atoms with Gasteiger partial charge in [-0.1, -0.05) is 26.8 Å². The smallest absolute Gasteiger partial charge is 0.221 e. The van der Waals surface area contributed by atoms with Crippen molar-refractivity contribution < 1.29 is 9.53 Å². The summed E-state index contributed by atoms with van der Waals surface area (Å²) in [6.07, 6.45) is 3.00. The first kappa shape index (κ1) is 16.1. The molecule has 0 aliphatic rings. The van der Waals surface area contributed by atoms with Crippen LogP contribution in [-0.2, 0) is 9.53 Å². The number of amides is 1. The summed E-state index contributed by atoms with van der Waals surface area (Å²) in [6, 6.07) is -0.121. The molecular weight excluding hydrogens is 216 g/mol. The zero-order valence-corrected chi connectivity index (χ0v) is 11.3. The number of rotatable bonds is 8. The maximum atomic E-state index is 11.5. The van der Waals surface area contributed by atoms with Crippen molar-refractivity contribution in [1.29, 1.82) is 0 Å². The highest BCUT2D eigenvalue weighted by atomic mass is 16.5. The molecule has 1 unspecified atom stereocenters. The fourth-order valence-corrected chi connectivity index (χ4v) is 1.11. The van der Waals surface area contributed by atoms with Crippen LogP contribution in [0.3, 0.4) is 0 Å². The number of hydrogen-bond acceptors (Lipinski definition) is 3. The predicted octanol–water partition coefficient (Wildman–Crippen LogP) is 1.46. The van der Waals surface area contributed by atoms with Crippen molar-refractivity contribution in [3.8, 4) is 0 Å². The maximum absolute atomic E-state index is 11.5. The second-order valence-corrected chi connectivity index (χ2v) is 5.22.